The quantitative estimate of drug-likeness (QED) is 0.363. The molecule has 1 heterocycles. The Bertz CT molecular complexity index is 103. The smallest absolute Gasteiger partial charge is 0.182 e. The predicted molar refractivity (Wildman–Crippen MR) is 72.4 cm³/mol. The van der Waals surface area contributed by atoms with Crippen molar-refractivity contribution in [3.05, 3.63) is 0 Å². The standard InChI is InChI=1S/BCl2NS7/c2-1(3)4-5-7-9-11-10-8-6-4. The molecule has 0 radical (unpaired) electrons. The van der Waals surface area contributed by atoms with Crippen LogP contribution < -0.4 is 0 Å². The largest absolute Gasteiger partial charge is 0.456 e. The van der Waals surface area contributed by atoms with Crippen LogP contribution in [0, 0.1) is 0 Å². The maximum Gasteiger partial charge on any atom is 0.456 e. The van der Waals surface area contributed by atoms with Crippen LogP contribution >= 0.6 is 94.0 Å². The van der Waals surface area contributed by atoms with Crippen molar-refractivity contribution in [1.29, 1.82) is 0 Å². The first-order chi connectivity index (χ1) is 5.30. The fourth-order valence-corrected chi connectivity index (χ4v) is 16.0. The molecule has 0 amide bonds. The molecule has 64 valence electrons. The summed E-state index contributed by atoms with van der Waals surface area (Å²) in [5.74, 6) is 0. The first-order valence-corrected chi connectivity index (χ1v) is 11.7. The zero-order valence-electron chi connectivity index (χ0n) is 4.64. The molecule has 11 heteroatoms. The highest BCUT2D eigenvalue weighted by molar-refractivity contribution is 9.47. The molecule has 0 spiro atoms. The molecule has 1 fully saturated rings. The molecular weight excluding hydrogens is 320 g/mol. The van der Waals surface area contributed by atoms with Crippen molar-refractivity contribution >= 4 is 99.7 Å². The van der Waals surface area contributed by atoms with Gasteiger partial charge in [-0.15, -0.1) is 22.9 Å². The van der Waals surface area contributed by atoms with Crippen molar-refractivity contribution in [3.63, 3.8) is 0 Å². The number of rotatable bonds is 1. The van der Waals surface area contributed by atoms with E-state index in [0.29, 0.717) is 0 Å². The average Bonchev–Trinajstić information content (AvgIpc) is 1.84. The number of hydrogen-bond donors (Lipinski definition) is 0. The Kier molecular flexibility index (Phi) is 8.11. The van der Waals surface area contributed by atoms with Crippen molar-refractivity contribution in [3.8, 4) is 0 Å². The second kappa shape index (κ2) is 7.36. The van der Waals surface area contributed by atoms with Crippen LogP contribution in [0.5, 0.6) is 0 Å². The summed E-state index contributed by atoms with van der Waals surface area (Å²) in [6.45, 7) is 0. The minimum Gasteiger partial charge on any atom is -0.182 e. The Morgan fingerprint density at radius 3 is 1.73 bits per heavy atom. The van der Waals surface area contributed by atoms with Gasteiger partial charge in [-0.2, -0.15) is 3.62 Å². The van der Waals surface area contributed by atoms with Crippen molar-refractivity contribution < 1.29 is 0 Å². The van der Waals surface area contributed by atoms with E-state index in [1.807, 2.05) is 3.62 Å². The van der Waals surface area contributed by atoms with Gasteiger partial charge >= 0.3 is 5.68 Å². The van der Waals surface area contributed by atoms with Crippen molar-refractivity contribution in [2.75, 3.05) is 0 Å². The van der Waals surface area contributed by atoms with Crippen molar-refractivity contribution in [1.82, 2.24) is 3.62 Å². The summed E-state index contributed by atoms with van der Waals surface area (Å²) < 4.78 is 1.85. The normalized spacial score (nSPS) is 22.4. The molecule has 1 rings (SSSR count). The van der Waals surface area contributed by atoms with Crippen LogP contribution in [0.15, 0.2) is 0 Å². The van der Waals surface area contributed by atoms with Gasteiger partial charge in [0.1, 0.15) is 0 Å². The molecule has 0 aromatic heterocycles. The van der Waals surface area contributed by atoms with Crippen LogP contribution in [0.3, 0.4) is 0 Å². The lowest BCUT2D eigenvalue weighted by atomic mass is 10.4. The van der Waals surface area contributed by atoms with Crippen molar-refractivity contribution in [2.24, 2.45) is 0 Å². The average molecular weight is 320 g/mol. The number of hydrogen-bond acceptors (Lipinski definition) is 8. The van der Waals surface area contributed by atoms with E-state index < -0.39 is 5.68 Å². The lowest BCUT2D eigenvalue weighted by Gasteiger charge is -2.17. The summed E-state index contributed by atoms with van der Waals surface area (Å²) in [6, 6.07) is 0. The number of nitrogens with zero attached hydrogens (tertiary/aromatic N) is 1. The molecule has 11 heavy (non-hydrogen) atoms. The van der Waals surface area contributed by atoms with Gasteiger partial charge in [-0.3, -0.25) is 0 Å². The highest BCUT2D eigenvalue weighted by atomic mass is 35.5. The molecule has 0 aliphatic carbocycles. The first-order valence-electron chi connectivity index (χ1n) is 2.06. The van der Waals surface area contributed by atoms with E-state index in [2.05, 4.69) is 0 Å². The molecule has 1 nitrogen and oxygen atoms in total. The molecule has 1 saturated heterocycles. The zero-order chi connectivity index (χ0) is 8.10. The maximum absolute atomic E-state index is 5.68. The van der Waals surface area contributed by atoms with Crippen LogP contribution in [0.1, 0.15) is 0 Å². The monoisotopic (exact) mass is 319 g/mol. The van der Waals surface area contributed by atoms with Crippen LogP contribution in [0.4, 0.5) is 0 Å². The SMILES string of the molecule is ClB(Cl)N1SSSSSSS1. The molecule has 0 unspecified atom stereocenters. The van der Waals surface area contributed by atoms with Crippen LogP contribution in [0.25, 0.3) is 0 Å². The highest BCUT2D eigenvalue weighted by Gasteiger charge is 2.22. The molecule has 1 aliphatic rings. The Balaban J connectivity index is 2.26. The summed E-state index contributed by atoms with van der Waals surface area (Å²) in [4.78, 5) is 0. The Morgan fingerprint density at radius 2 is 1.27 bits per heavy atom. The Labute approximate surface area is 102 Å². The molecular formula is BCl2NS7. The summed E-state index contributed by atoms with van der Waals surface area (Å²) in [6.07, 6.45) is 0. The second-order valence-electron chi connectivity index (χ2n) is 1.05. The molecule has 0 N–H and O–H groups in total. The van der Waals surface area contributed by atoms with Crippen LogP contribution in [-0.4, -0.2) is 9.30 Å². The Morgan fingerprint density at radius 1 is 0.818 bits per heavy atom. The zero-order valence-corrected chi connectivity index (χ0v) is 11.9. The molecule has 0 atom stereocenters. The minimum absolute atomic E-state index is 0.450. The van der Waals surface area contributed by atoms with E-state index in [0.717, 1.165) is 0 Å². The fraction of sp³-hybridized carbons (Fsp3) is 0. The third-order valence-electron chi connectivity index (χ3n) is 0.478. The van der Waals surface area contributed by atoms with Gasteiger partial charge in [0.25, 0.3) is 0 Å². The van der Waals surface area contributed by atoms with Crippen LogP contribution in [-0.2, 0) is 0 Å². The molecule has 0 saturated carbocycles. The van der Waals surface area contributed by atoms with E-state index >= 15 is 0 Å². The summed E-state index contributed by atoms with van der Waals surface area (Å²) in [7, 11) is 11.6. The maximum atomic E-state index is 5.68. The van der Waals surface area contributed by atoms with Crippen molar-refractivity contribution in [2.45, 2.75) is 0 Å². The fourth-order valence-electron chi connectivity index (χ4n) is 0.196. The second-order valence-corrected chi connectivity index (χ2v) is 13.2. The van der Waals surface area contributed by atoms with Gasteiger partial charge in [0.2, 0.25) is 0 Å². The van der Waals surface area contributed by atoms with Gasteiger partial charge < -0.3 is 0 Å². The van der Waals surface area contributed by atoms with E-state index in [9.17, 15) is 0 Å². The first kappa shape index (κ1) is 12.1. The number of halogens is 2. The van der Waals surface area contributed by atoms with E-state index in [1.165, 1.54) is 0 Å². The van der Waals surface area contributed by atoms with Gasteiger partial charge in [-0.25, -0.2) is 0 Å². The summed E-state index contributed by atoms with van der Waals surface area (Å²) in [5, 5.41) is 0. The third-order valence-corrected chi connectivity index (χ3v) is 14.5. The summed E-state index contributed by atoms with van der Waals surface area (Å²) in [5.41, 5.74) is -0.450. The van der Waals surface area contributed by atoms with Gasteiger partial charge in [-0.05, 0) is 0 Å². The van der Waals surface area contributed by atoms with Gasteiger partial charge in [0.15, 0.2) is 0 Å². The third kappa shape index (κ3) is 5.49. The highest BCUT2D eigenvalue weighted by Crippen LogP contribution is 2.61. The molecule has 0 aromatic rings. The van der Waals surface area contributed by atoms with Gasteiger partial charge in [-0.1, -0.05) is 0 Å². The van der Waals surface area contributed by atoms with Gasteiger partial charge in [0, 0.05) is 71.1 Å². The van der Waals surface area contributed by atoms with E-state index in [1.54, 1.807) is 71.1 Å². The van der Waals surface area contributed by atoms with Crippen LogP contribution in [0.2, 0.25) is 0 Å². The molecule has 0 bridgehead atoms. The van der Waals surface area contributed by atoms with Gasteiger partial charge in [0.05, 0.1) is 0 Å². The Hall–Kier alpha value is 3.05. The van der Waals surface area contributed by atoms with E-state index in [-0.39, 0.29) is 0 Å². The topological polar surface area (TPSA) is 3.24 Å². The minimum atomic E-state index is -0.450. The summed E-state index contributed by atoms with van der Waals surface area (Å²) >= 11 is 11.4. The predicted octanol–water partition coefficient (Wildman–Crippen LogP) is 5.22. The lowest BCUT2D eigenvalue weighted by molar-refractivity contribution is 1.27. The molecule has 0 aromatic carbocycles. The molecule has 1 aliphatic heterocycles. The van der Waals surface area contributed by atoms with E-state index in [4.69, 9.17) is 22.9 Å². The lowest BCUT2D eigenvalue weighted by Crippen LogP contribution is -2.13.